The topological polar surface area (TPSA) is 69.6 Å². The lowest BCUT2D eigenvalue weighted by atomic mass is 10.2. The Morgan fingerprint density at radius 1 is 1.43 bits per heavy atom. The third-order valence-corrected chi connectivity index (χ3v) is 3.11. The molecule has 0 radical (unpaired) electrons. The van der Waals surface area contributed by atoms with E-state index in [9.17, 15) is 21.6 Å². The number of alkyl halides is 3. The van der Waals surface area contributed by atoms with E-state index < -0.39 is 29.0 Å². The van der Waals surface area contributed by atoms with Gasteiger partial charge >= 0.3 is 6.18 Å². The van der Waals surface area contributed by atoms with Gasteiger partial charge in [-0.05, 0) is 0 Å². The fourth-order valence-corrected chi connectivity index (χ4v) is 2.14. The van der Waals surface area contributed by atoms with Crippen LogP contribution in [0.5, 0.6) is 0 Å². The highest BCUT2D eigenvalue weighted by Crippen LogP contribution is 2.15. The molecule has 14 heavy (non-hydrogen) atoms. The number of nitrogens with zero attached hydrogens (tertiary/aromatic N) is 1. The summed E-state index contributed by atoms with van der Waals surface area (Å²) in [5, 5.41) is 8.75. The molecule has 1 saturated heterocycles. The van der Waals surface area contributed by atoms with Crippen molar-refractivity contribution in [3.05, 3.63) is 0 Å². The summed E-state index contributed by atoms with van der Waals surface area (Å²) < 4.78 is 59.1. The molecule has 1 heterocycles. The number of halogens is 3. The third kappa shape index (κ3) is 3.08. The molecule has 0 aliphatic carbocycles. The van der Waals surface area contributed by atoms with Gasteiger partial charge in [-0.25, -0.2) is 0 Å². The van der Waals surface area contributed by atoms with Crippen molar-refractivity contribution in [2.24, 2.45) is 0 Å². The second-order valence-corrected chi connectivity index (χ2v) is 4.67. The second-order valence-electron chi connectivity index (χ2n) is 2.91. The highest BCUT2D eigenvalue weighted by atomic mass is 32.2. The Labute approximate surface area is 78.7 Å². The summed E-state index contributed by atoms with van der Waals surface area (Å²) in [6, 6.07) is 0. The predicted octanol–water partition coefficient (Wildman–Crippen LogP) is -0.940. The van der Waals surface area contributed by atoms with Crippen LogP contribution in [0, 0.1) is 0 Å². The van der Waals surface area contributed by atoms with Crippen LogP contribution in [-0.2, 0) is 10.2 Å². The van der Waals surface area contributed by atoms with Crippen molar-refractivity contribution in [1.29, 1.82) is 0 Å². The number of nitrogens with one attached hydrogen (secondary N) is 1. The van der Waals surface area contributed by atoms with E-state index in [1.807, 2.05) is 0 Å². The highest BCUT2D eigenvalue weighted by Gasteiger charge is 2.37. The van der Waals surface area contributed by atoms with Gasteiger partial charge in [0.2, 0.25) is 0 Å². The molecule has 0 amide bonds. The van der Waals surface area contributed by atoms with E-state index >= 15 is 0 Å². The molecule has 1 aliphatic heterocycles. The van der Waals surface area contributed by atoms with Gasteiger partial charge in [-0.2, -0.15) is 30.6 Å². The number of aliphatic hydroxyl groups is 1. The van der Waals surface area contributed by atoms with Crippen LogP contribution >= 0.6 is 0 Å². The lowest BCUT2D eigenvalue weighted by Gasteiger charge is -2.34. The van der Waals surface area contributed by atoms with Crippen molar-refractivity contribution in [3.63, 3.8) is 0 Å². The molecule has 1 fully saturated rings. The number of hydrogen-bond acceptors (Lipinski definition) is 3. The van der Waals surface area contributed by atoms with Gasteiger partial charge in [0.25, 0.3) is 10.2 Å². The molecule has 1 rings (SSSR count). The molecule has 0 saturated carbocycles. The van der Waals surface area contributed by atoms with Gasteiger partial charge in [0.05, 0.1) is 6.10 Å². The van der Waals surface area contributed by atoms with Crippen LogP contribution in [0.2, 0.25) is 0 Å². The molecule has 0 aromatic heterocycles. The Morgan fingerprint density at radius 2 is 1.93 bits per heavy atom. The minimum Gasteiger partial charge on any atom is -0.390 e. The normalized spacial score (nSPS) is 20.9. The fraction of sp³-hybridized carbons (Fsp3) is 1.00. The zero-order valence-corrected chi connectivity index (χ0v) is 7.77. The molecular formula is C5H9F3N2O3S. The molecule has 0 spiro atoms. The van der Waals surface area contributed by atoms with Crippen LogP contribution in [0.4, 0.5) is 13.2 Å². The van der Waals surface area contributed by atoms with E-state index in [4.69, 9.17) is 5.11 Å². The average molecular weight is 234 g/mol. The first-order valence-corrected chi connectivity index (χ1v) is 5.14. The quantitative estimate of drug-likeness (QED) is 0.662. The van der Waals surface area contributed by atoms with Crippen molar-refractivity contribution >= 4 is 10.2 Å². The SMILES string of the molecule is O=S(=O)(NCC(F)(F)F)N1CC(O)C1. The zero-order chi connectivity index (χ0) is 11.0. The zero-order valence-electron chi connectivity index (χ0n) is 6.95. The van der Waals surface area contributed by atoms with E-state index in [1.54, 1.807) is 0 Å². The first kappa shape index (κ1) is 11.7. The van der Waals surface area contributed by atoms with E-state index in [0.717, 1.165) is 4.31 Å². The van der Waals surface area contributed by atoms with Crippen LogP contribution in [0.15, 0.2) is 0 Å². The van der Waals surface area contributed by atoms with Gasteiger partial charge in [-0.15, -0.1) is 0 Å². The number of aliphatic hydroxyl groups excluding tert-OH is 1. The Balaban J connectivity index is 2.44. The van der Waals surface area contributed by atoms with E-state index in [2.05, 4.69) is 0 Å². The number of hydrogen-bond donors (Lipinski definition) is 2. The lowest BCUT2D eigenvalue weighted by molar-refractivity contribution is -0.121. The van der Waals surface area contributed by atoms with Crippen molar-refractivity contribution in [1.82, 2.24) is 9.03 Å². The Morgan fingerprint density at radius 3 is 2.29 bits per heavy atom. The summed E-state index contributed by atoms with van der Waals surface area (Å²) in [5.41, 5.74) is 0. The van der Waals surface area contributed by atoms with Crippen LogP contribution in [0.25, 0.3) is 0 Å². The molecule has 0 bridgehead atoms. The van der Waals surface area contributed by atoms with Gasteiger partial charge in [-0.3, -0.25) is 0 Å². The van der Waals surface area contributed by atoms with Crippen molar-refractivity contribution in [2.75, 3.05) is 19.6 Å². The van der Waals surface area contributed by atoms with Gasteiger partial charge in [-0.1, -0.05) is 0 Å². The molecule has 0 unspecified atom stereocenters. The Kier molecular flexibility index (Phi) is 3.04. The largest absolute Gasteiger partial charge is 0.402 e. The molecular weight excluding hydrogens is 225 g/mol. The highest BCUT2D eigenvalue weighted by molar-refractivity contribution is 7.87. The van der Waals surface area contributed by atoms with Crippen molar-refractivity contribution in [2.45, 2.75) is 12.3 Å². The van der Waals surface area contributed by atoms with E-state index in [-0.39, 0.29) is 13.1 Å². The minimum atomic E-state index is -4.57. The summed E-state index contributed by atoms with van der Waals surface area (Å²) in [6.45, 7) is -1.91. The van der Waals surface area contributed by atoms with Crippen LogP contribution in [0.3, 0.4) is 0 Å². The van der Waals surface area contributed by atoms with Crippen LogP contribution < -0.4 is 4.72 Å². The molecule has 1 aliphatic rings. The molecule has 0 aromatic carbocycles. The maximum Gasteiger partial charge on any atom is 0.402 e. The maximum atomic E-state index is 11.7. The van der Waals surface area contributed by atoms with Crippen LogP contribution in [-0.4, -0.2) is 49.7 Å². The number of rotatable bonds is 3. The van der Waals surface area contributed by atoms with E-state index in [0.29, 0.717) is 0 Å². The van der Waals surface area contributed by atoms with Gasteiger partial charge in [0.15, 0.2) is 0 Å². The summed E-state index contributed by atoms with van der Waals surface area (Å²) in [7, 11) is -4.09. The van der Waals surface area contributed by atoms with Crippen molar-refractivity contribution < 1.29 is 26.7 Å². The molecule has 5 nitrogen and oxygen atoms in total. The van der Waals surface area contributed by atoms with Crippen LogP contribution in [0.1, 0.15) is 0 Å². The standard InChI is InChI=1S/C5H9F3N2O3S/c6-5(7,8)3-9-14(12,13)10-1-4(11)2-10/h4,9,11H,1-3H2. The van der Waals surface area contributed by atoms with Gasteiger partial charge in [0.1, 0.15) is 6.54 Å². The summed E-state index contributed by atoms with van der Waals surface area (Å²) in [5.74, 6) is 0. The summed E-state index contributed by atoms with van der Waals surface area (Å²) in [4.78, 5) is 0. The smallest absolute Gasteiger partial charge is 0.390 e. The third-order valence-electron chi connectivity index (χ3n) is 1.62. The first-order valence-electron chi connectivity index (χ1n) is 3.70. The average Bonchev–Trinajstić information content (AvgIpc) is 1.94. The molecule has 0 aromatic rings. The Bertz CT molecular complexity index is 296. The monoisotopic (exact) mass is 234 g/mol. The molecule has 84 valence electrons. The second kappa shape index (κ2) is 3.65. The lowest BCUT2D eigenvalue weighted by Crippen LogP contribution is -2.57. The predicted molar refractivity (Wildman–Crippen MR) is 40.6 cm³/mol. The summed E-state index contributed by atoms with van der Waals surface area (Å²) in [6.07, 6.45) is -5.35. The van der Waals surface area contributed by atoms with Gasteiger partial charge < -0.3 is 5.11 Å². The molecule has 0 atom stereocenters. The Hall–Kier alpha value is -0.380. The fourth-order valence-electron chi connectivity index (χ4n) is 0.877. The summed E-state index contributed by atoms with van der Waals surface area (Å²) >= 11 is 0. The van der Waals surface area contributed by atoms with Crippen molar-refractivity contribution in [3.8, 4) is 0 Å². The van der Waals surface area contributed by atoms with E-state index in [1.165, 1.54) is 4.72 Å². The van der Waals surface area contributed by atoms with Gasteiger partial charge in [0, 0.05) is 13.1 Å². The number of β-amino-alcohol motifs (C(OH)–C–C–N with tert-alkyl or cyclic N) is 1. The molecule has 2 N–H and O–H groups in total. The first-order chi connectivity index (χ1) is 6.21. The minimum absolute atomic E-state index is 0.160. The molecule has 9 heteroatoms. The maximum absolute atomic E-state index is 11.7.